The van der Waals surface area contributed by atoms with Crippen LogP contribution in [0.5, 0.6) is 11.5 Å². The molecule has 12 heteroatoms. The SMILES string of the molecule is COc1cc2nc(C(F)(F)F)nc(NC3CCCCC3N3C(=O)CSC3=O)c2cc1OC. The van der Waals surface area contributed by atoms with Crippen molar-refractivity contribution < 1.29 is 32.2 Å². The molecule has 1 aromatic carbocycles. The lowest BCUT2D eigenvalue weighted by Gasteiger charge is -2.37. The van der Waals surface area contributed by atoms with E-state index >= 15 is 0 Å². The number of thioether (sulfide) groups is 1. The maximum absolute atomic E-state index is 13.5. The second-order valence-corrected chi connectivity index (χ2v) is 8.47. The van der Waals surface area contributed by atoms with Gasteiger partial charge in [0.15, 0.2) is 11.5 Å². The first-order valence-corrected chi connectivity index (χ1v) is 11.0. The fourth-order valence-electron chi connectivity index (χ4n) is 4.14. The first-order chi connectivity index (χ1) is 15.2. The van der Waals surface area contributed by atoms with Gasteiger partial charge in [0.25, 0.3) is 5.24 Å². The predicted octanol–water partition coefficient (Wildman–Crippen LogP) is 4.08. The number of nitrogens with one attached hydrogen (secondary N) is 1. The summed E-state index contributed by atoms with van der Waals surface area (Å²) >= 11 is 0.938. The first kappa shape index (κ1) is 22.4. The molecule has 0 spiro atoms. The van der Waals surface area contributed by atoms with Crippen molar-refractivity contribution in [2.45, 2.75) is 43.9 Å². The number of alkyl halides is 3. The van der Waals surface area contributed by atoms with Crippen molar-refractivity contribution >= 4 is 39.6 Å². The molecule has 4 rings (SSSR count). The molecule has 0 bridgehead atoms. The molecule has 1 aliphatic heterocycles. The Balaban J connectivity index is 1.79. The van der Waals surface area contributed by atoms with Gasteiger partial charge in [0.05, 0.1) is 31.5 Å². The van der Waals surface area contributed by atoms with Crippen LogP contribution in [-0.2, 0) is 11.0 Å². The highest BCUT2D eigenvalue weighted by Crippen LogP contribution is 2.38. The molecule has 32 heavy (non-hydrogen) atoms. The van der Waals surface area contributed by atoms with Crippen LogP contribution in [0.15, 0.2) is 12.1 Å². The number of amides is 2. The summed E-state index contributed by atoms with van der Waals surface area (Å²) in [6.07, 6.45) is -1.99. The largest absolute Gasteiger partial charge is 0.493 e. The van der Waals surface area contributed by atoms with Gasteiger partial charge in [-0.3, -0.25) is 14.5 Å². The van der Waals surface area contributed by atoms with Gasteiger partial charge in [0.2, 0.25) is 11.7 Å². The number of hydrogen-bond donors (Lipinski definition) is 1. The van der Waals surface area contributed by atoms with Crippen molar-refractivity contribution in [1.82, 2.24) is 14.9 Å². The quantitative estimate of drug-likeness (QED) is 0.699. The van der Waals surface area contributed by atoms with Gasteiger partial charge in [-0.2, -0.15) is 13.2 Å². The van der Waals surface area contributed by atoms with E-state index in [1.54, 1.807) is 0 Å². The van der Waals surface area contributed by atoms with E-state index in [1.165, 1.54) is 31.3 Å². The molecule has 0 radical (unpaired) electrons. The lowest BCUT2D eigenvalue weighted by Crippen LogP contribution is -2.50. The molecule has 2 atom stereocenters. The minimum atomic E-state index is -4.76. The first-order valence-electron chi connectivity index (χ1n) is 9.99. The summed E-state index contributed by atoms with van der Waals surface area (Å²) in [5.74, 6) is -0.990. The summed E-state index contributed by atoms with van der Waals surface area (Å²) in [4.78, 5) is 33.2. The number of halogens is 3. The second-order valence-electron chi connectivity index (χ2n) is 7.54. The monoisotopic (exact) mass is 470 g/mol. The highest BCUT2D eigenvalue weighted by molar-refractivity contribution is 8.14. The van der Waals surface area contributed by atoms with E-state index in [1.807, 2.05) is 0 Å². The summed E-state index contributed by atoms with van der Waals surface area (Å²) in [6.45, 7) is 0. The summed E-state index contributed by atoms with van der Waals surface area (Å²) in [7, 11) is 2.80. The summed E-state index contributed by atoms with van der Waals surface area (Å²) in [5, 5.41) is 3.07. The Hall–Kier alpha value is -2.76. The second kappa shape index (κ2) is 8.64. The minimum absolute atomic E-state index is 0.0312. The minimum Gasteiger partial charge on any atom is -0.493 e. The molecule has 2 unspecified atom stereocenters. The molecular weight excluding hydrogens is 449 g/mol. The lowest BCUT2D eigenvalue weighted by molar-refractivity contribution is -0.144. The summed E-state index contributed by atoms with van der Waals surface area (Å²) < 4.78 is 51.0. The Morgan fingerprint density at radius 1 is 1.09 bits per heavy atom. The number of aromatic nitrogens is 2. The number of benzene rings is 1. The summed E-state index contributed by atoms with van der Waals surface area (Å²) in [5.41, 5.74) is 0.0312. The highest BCUT2D eigenvalue weighted by Gasteiger charge is 2.41. The lowest BCUT2D eigenvalue weighted by atomic mass is 9.89. The van der Waals surface area contributed by atoms with Gasteiger partial charge in [-0.05, 0) is 18.9 Å². The molecule has 172 valence electrons. The van der Waals surface area contributed by atoms with Crippen LogP contribution in [0.4, 0.5) is 23.8 Å². The number of ether oxygens (including phenoxy) is 2. The van der Waals surface area contributed by atoms with Gasteiger partial charge in [-0.25, -0.2) is 9.97 Å². The number of hydrogen-bond acceptors (Lipinski definition) is 8. The number of carbonyl (C=O) groups excluding carboxylic acids is 2. The van der Waals surface area contributed by atoms with Crippen LogP contribution >= 0.6 is 11.8 Å². The van der Waals surface area contributed by atoms with Crippen molar-refractivity contribution in [3.63, 3.8) is 0 Å². The zero-order chi connectivity index (χ0) is 23.0. The van der Waals surface area contributed by atoms with Gasteiger partial charge in [-0.15, -0.1) is 0 Å². The topological polar surface area (TPSA) is 93.7 Å². The standard InChI is InChI=1S/C20H21F3N4O4S/c1-30-14-7-10-12(8-15(14)31-2)25-18(20(21,22)23)26-17(10)24-11-5-3-4-6-13(11)27-16(28)9-32-19(27)29/h7-8,11,13H,3-6,9H2,1-2H3,(H,24,25,26). The Kier molecular flexibility index (Phi) is 6.06. The zero-order valence-corrected chi connectivity index (χ0v) is 18.2. The average molecular weight is 470 g/mol. The van der Waals surface area contributed by atoms with Crippen molar-refractivity contribution in [3.05, 3.63) is 18.0 Å². The normalized spacial score (nSPS) is 21.8. The smallest absolute Gasteiger partial charge is 0.451 e. The number of anilines is 1. The fourth-order valence-corrected chi connectivity index (χ4v) is 4.90. The molecule has 1 saturated heterocycles. The van der Waals surface area contributed by atoms with Crippen LogP contribution in [-0.4, -0.2) is 58.1 Å². The molecule has 2 aliphatic rings. The Labute approximate surface area is 185 Å². The maximum Gasteiger partial charge on any atom is 0.451 e. The predicted molar refractivity (Wildman–Crippen MR) is 112 cm³/mol. The van der Waals surface area contributed by atoms with E-state index in [0.29, 0.717) is 24.0 Å². The van der Waals surface area contributed by atoms with E-state index in [9.17, 15) is 22.8 Å². The molecule has 8 nitrogen and oxygen atoms in total. The third kappa shape index (κ3) is 4.15. The van der Waals surface area contributed by atoms with Crippen LogP contribution in [0.3, 0.4) is 0 Å². The summed E-state index contributed by atoms with van der Waals surface area (Å²) in [6, 6.07) is 1.97. The van der Waals surface area contributed by atoms with E-state index < -0.39 is 24.1 Å². The molecule has 1 aliphatic carbocycles. The molecule has 1 saturated carbocycles. The maximum atomic E-state index is 13.5. The van der Waals surface area contributed by atoms with Crippen LogP contribution in [0, 0.1) is 0 Å². The Morgan fingerprint density at radius 3 is 2.41 bits per heavy atom. The van der Waals surface area contributed by atoms with Gasteiger partial charge in [-0.1, -0.05) is 24.6 Å². The number of imide groups is 1. The van der Waals surface area contributed by atoms with E-state index in [0.717, 1.165) is 24.6 Å². The number of fused-ring (bicyclic) bond motifs is 1. The molecule has 2 heterocycles. The van der Waals surface area contributed by atoms with Gasteiger partial charge >= 0.3 is 6.18 Å². The molecule has 2 amide bonds. The molecule has 2 fully saturated rings. The number of nitrogens with zero attached hydrogens (tertiary/aromatic N) is 3. The van der Waals surface area contributed by atoms with Crippen LogP contribution < -0.4 is 14.8 Å². The highest BCUT2D eigenvalue weighted by atomic mass is 32.2. The average Bonchev–Trinajstić information content (AvgIpc) is 3.10. The van der Waals surface area contributed by atoms with Crippen molar-refractivity contribution in [1.29, 1.82) is 0 Å². The van der Waals surface area contributed by atoms with Crippen LogP contribution in [0.2, 0.25) is 0 Å². The third-order valence-corrected chi connectivity index (χ3v) is 6.46. The van der Waals surface area contributed by atoms with Gasteiger partial charge < -0.3 is 14.8 Å². The van der Waals surface area contributed by atoms with Crippen LogP contribution in [0.1, 0.15) is 31.5 Å². The van der Waals surface area contributed by atoms with Crippen molar-refractivity contribution in [2.75, 3.05) is 25.3 Å². The number of rotatable bonds is 5. The van der Waals surface area contributed by atoms with E-state index in [2.05, 4.69) is 15.3 Å². The fraction of sp³-hybridized carbons (Fsp3) is 0.500. The number of methoxy groups -OCH3 is 2. The Bertz CT molecular complexity index is 1050. The van der Waals surface area contributed by atoms with Crippen molar-refractivity contribution in [2.24, 2.45) is 0 Å². The van der Waals surface area contributed by atoms with E-state index in [-0.39, 0.29) is 34.0 Å². The van der Waals surface area contributed by atoms with Gasteiger partial charge in [0, 0.05) is 17.5 Å². The zero-order valence-electron chi connectivity index (χ0n) is 17.4. The van der Waals surface area contributed by atoms with Crippen molar-refractivity contribution in [3.8, 4) is 11.5 Å². The molecule has 1 aromatic heterocycles. The third-order valence-electron chi connectivity index (χ3n) is 5.62. The molecular formula is C20H21F3N4O4S. The van der Waals surface area contributed by atoms with Crippen LogP contribution in [0.25, 0.3) is 10.9 Å². The number of carbonyl (C=O) groups is 2. The molecule has 2 aromatic rings. The molecule has 1 N–H and O–H groups in total. The Morgan fingerprint density at radius 2 is 1.78 bits per heavy atom. The van der Waals surface area contributed by atoms with Gasteiger partial charge in [0.1, 0.15) is 5.82 Å². The van der Waals surface area contributed by atoms with E-state index in [4.69, 9.17) is 9.47 Å².